The Morgan fingerprint density at radius 2 is 2.00 bits per heavy atom. The van der Waals surface area contributed by atoms with Gasteiger partial charge in [-0.05, 0) is 65.5 Å². The number of ketones is 1. The molecule has 1 aromatic heterocycles. The second-order valence-electron chi connectivity index (χ2n) is 9.72. The Morgan fingerprint density at radius 3 is 2.71 bits per heavy atom. The van der Waals surface area contributed by atoms with Gasteiger partial charge in [-0.25, -0.2) is 0 Å². The molecule has 1 saturated carbocycles. The van der Waals surface area contributed by atoms with E-state index in [-0.39, 0.29) is 60.2 Å². The largest absolute Gasteiger partial charge is 0.511 e. The normalized spacial score (nSPS) is 26.7. The van der Waals surface area contributed by atoms with Crippen LogP contribution in [-0.2, 0) is 4.79 Å². The Bertz CT molecular complexity index is 965. The quantitative estimate of drug-likeness (QED) is 0.492. The van der Waals surface area contributed by atoms with E-state index in [4.69, 9.17) is 14.9 Å². The zero-order valence-corrected chi connectivity index (χ0v) is 20.2. The molecule has 0 radical (unpaired) electrons. The smallest absolute Gasteiger partial charge is 0.221 e. The van der Waals surface area contributed by atoms with Gasteiger partial charge < -0.3 is 19.7 Å². The van der Waals surface area contributed by atoms with Crippen LogP contribution in [0.3, 0.4) is 0 Å². The maximum absolute atomic E-state index is 12.8. The van der Waals surface area contributed by atoms with Crippen LogP contribution in [0.2, 0.25) is 0 Å². The third kappa shape index (κ3) is 4.81. The number of nitrogens with one attached hydrogen (secondary N) is 1. The van der Waals surface area contributed by atoms with Gasteiger partial charge in [-0.3, -0.25) is 15.1 Å². The number of likely N-dealkylation sites (N-methyl/N-ethyl adjacent to an activating group) is 1. The van der Waals surface area contributed by atoms with E-state index in [9.17, 15) is 15.0 Å². The topological polar surface area (TPSA) is 129 Å². The second kappa shape index (κ2) is 10.4. The average Bonchev–Trinajstić information content (AvgIpc) is 3.26. The number of hydrogen-bond donors (Lipinski definition) is 3. The number of allylic oxidation sites excluding steroid dienone is 2. The molecule has 0 unspecified atom stereocenters. The van der Waals surface area contributed by atoms with Crippen molar-refractivity contribution in [2.24, 2.45) is 5.41 Å². The number of aromatic nitrogens is 2. The van der Waals surface area contributed by atoms with Crippen molar-refractivity contribution in [2.75, 3.05) is 26.8 Å². The molecule has 34 heavy (non-hydrogen) atoms. The number of ether oxygens (including phenoxy) is 2. The Labute approximate surface area is 200 Å². The first-order chi connectivity index (χ1) is 16.4. The first-order valence-electron chi connectivity index (χ1n) is 12.4. The summed E-state index contributed by atoms with van der Waals surface area (Å²) in [5.74, 6) is 0.655. The Hall–Kier alpha value is -2.52. The molecule has 186 valence electrons. The summed E-state index contributed by atoms with van der Waals surface area (Å²) < 4.78 is 11.7. The molecule has 3 aliphatic rings. The van der Waals surface area contributed by atoms with Gasteiger partial charge in [0.15, 0.2) is 5.82 Å². The molecular weight excluding hydrogens is 436 g/mol. The zero-order valence-electron chi connectivity index (χ0n) is 20.2. The molecule has 3 N–H and O–H groups in total. The van der Waals surface area contributed by atoms with Crippen molar-refractivity contribution in [1.82, 2.24) is 14.9 Å². The van der Waals surface area contributed by atoms with Gasteiger partial charge in [-0.2, -0.15) is 9.97 Å². The van der Waals surface area contributed by atoms with E-state index in [1.807, 2.05) is 6.92 Å². The maximum Gasteiger partial charge on any atom is 0.221 e. The van der Waals surface area contributed by atoms with Crippen LogP contribution in [0.5, 0.6) is 11.8 Å². The summed E-state index contributed by atoms with van der Waals surface area (Å²) in [6.07, 6.45) is 6.70. The Balaban J connectivity index is 1.64. The highest BCUT2D eigenvalue weighted by Crippen LogP contribution is 2.48. The SMILES string of the molecule is C[C@H](Oc1cc(OCCO)nc(C(=N)C2=C(O)[C@]3(CCCCC3=O)CCC2)n1)[C@@H]1CCCN1C. The molecule has 0 aromatic carbocycles. The number of likely N-dealkylation sites (tertiary alicyclic amines) is 1. The van der Waals surface area contributed by atoms with Crippen molar-refractivity contribution in [2.45, 2.75) is 76.9 Å². The number of aliphatic hydroxyl groups is 2. The van der Waals surface area contributed by atoms with Gasteiger partial charge >= 0.3 is 0 Å². The van der Waals surface area contributed by atoms with Gasteiger partial charge in [-0.15, -0.1) is 0 Å². The van der Waals surface area contributed by atoms with E-state index >= 15 is 0 Å². The summed E-state index contributed by atoms with van der Waals surface area (Å²) in [4.78, 5) is 23.9. The molecule has 2 heterocycles. The van der Waals surface area contributed by atoms with E-state index in [0.29, 0.717) is 31.3 Å². The minimum absolute atomic E-state index is 0.0140. The van der Waals surface area contributed by atoms with Crippen LogP contribution >= 0.6 is 0 Å². The van der Waals surface area contributed by atoms with Crippen LogP contribution < -0.4 is 9.47 Å². The molecule has 3 atom stereocenters. The first kappa shape index (κ1) is 24.6. The van der Waals surface area contributed by atoms with Crippen molar-refractivity contribution >= 4 is 11.5 Å². The molecule has 0 bridgehead atoms. The summed E-state index contributed by atoms with van der Waals surface area (Å²) >= 11 is 0. The Morgan fingerprint density at radius 1 is 1.24 bits per heavy atom. The molecule has 1 aromatic rings. The predicted molar refractivity (Wildman–Crippen MR) is 127 cm³/mol. The lowest BCUT2D eigenvalue weighted by Gasteiger charge is -2.39. The molecule has 2 aliphatic carbocycles. The number of Topliss-reactive ketones (excluding diaryl/α,β-unsaturated/α-hetero) is 1. The third-order valence-electron chi connectivity index (χ3n) is 7.53. The van der Waals surface area contributed by atoms with E-state index < -0.39 is 5.41 Å². The minimum atomic E-state index is -0.871. The van der Waals surface area contributed by atoms with Gasteiger partial charge in [0.05, 0.1) is 18.1 Å². The lowest BCUT2D eigenvalue weighted by molar-refractivity contribution is -0.131. The number of nitrogens with zero attached hydrogens (tertiary/aromatic N) is 3. The van der Waals surface area contributed by atoms with Gasteiger partial charge in [0.25, 0.3) is 0 Å². The van der Waals surface area contributed by atoms with Crippen molar-refractivity contribution in [3.8, 4) is 11.8 Å². The summed E-state index contributed by atoms with van der Waals surface area (Å²) in [6, 6.07) is 1.83. The molecule has 2 fully saturated rings. The zero-order chi connectivity index (χ0) is 24.3. The van der Waals surface area contributed by atoms with Gasteiger partial charge in [-0.1, -0.05) is 6.42 Å². The fraction of sp³-hybridized carbons (Fsp3) is 0.680. The molecule has 0 amide bonds. The molecule has 1 aliphatic heterocycles. The standard InChI is InChI=1S/C25H36N4O5/c1-16(18-8-6-12-29(18)2)34-21-15-20(33-14-13-30)27-24(28-21)22(26)17-7-5-11-25(23(17)32)10-4-3-9-19(25)31/h15-16,18,26,30,32H,3-14H2,1-2H3/t16-,18-,25+/m0/s1. The molecular formula is C25H36N4O5. The number of hydrogen-bond acceptors (Lipinski definition) is 9. The third-order valence-corrected chi connectivity index (χ3v) is 7.53. The molecule has 4 rings (SSSR count). The minimum Gasteiger partial charge on any atom is -0.511 e. The van der Waals surface area contributed by atoms with Gasteiger partial charge in [0.1, 0.15) is 30.0 Å². The number of aliphatic hydroxyl groups excluding tert-OH is 2. The number of carbonyl (C=O) groups excluding carboxylic acids is 1. The lowest BCUT2D eigenvalue weighted by Crippen LogP contribution is -2.39. The predicted octanol–water partition coefficient (Wildman–Crippen LogP) is 3.20. The van der Waals surface area contributed by atoms with Gasteiger partial charge in [0, 0.05) is 18.0 Å². The average molecular weight is 473 g/mol. The second-order valence-corrected chi connectivity index (χ2v) is 9.72. The fourth-order valence-electron chi connectivity index (χ4n) is 5.68. The Kier molecular flexibility index (Phi) is 7.52. The highest BCUT2D eigenvalue weighted by molar-refractivity contribution is 6.09. The van der Waals surface area contributed by atoms with Crippen molar-refractivity contribution in [1.29, 1.82) is 5.41 Å². The van der Waals surface area contributed by atoms with E-state index in [1.165, 1.54) is 0 Å². The van der Waals surface area contributed by atoms with E-state index in [0.717, 1.165) is 38.6 Å². The van der Waals surface area contributed by atoms with Crippen molar-refractivity contribution in [3.05, 3.63) is 23.2 Å². The summed E-state index contributed by atoms with van der Waals surface area (Å²) in [7, 11) is 2.08. The number of rotatable bonds is 8. The first-order valence-corrected chi connectivity index (χ1v) is 12.4. The maximum atomic E-state index is 12.8. The van der Waals surface area contributed by atoms with Gasteiger partial charge in [0.2, 0.25) is 11.8 Å². The van der Waals surface area contributed by atoms with Crippen LogP contribution in [0.4, 0.5) is 0 Å². The summed E-state index contributed by atoms with van der Waals surface area (Å²) in [5.41, 5.74) is -0.459. The molecule has 9 heteroatoms. The van der Waals surface area contributed by atoms with E-state index in [2.05, 4.69) is 21.9 Å². The number of carbonyl (C=O) groups is 1. The monoisotopic (exact) mass is 472 g/mol. The highest BCUT2D eigenvalue weighted by Gasteiger charge is 2.47. The highest BCUT2D eigenvalue weighted by atomic mass is 16.5. The molecule has 9 nitrogen and oxygen atoms in total. The lowest BCUT2D eigenvalue weighted by atomic mass is 9.64. The van der Waals surface area contributed by atoms with Crippen molar-refractivity contribution < 1.29 is 24.5 Å². The van der Waals surface area contributed by atoms with Crippen molar-refractivity contribution in [3.63, 3.8) is 0 Å². The summed E-state index contributed by atoms with van der Waals surface area (Å²) in [5, 5.41) is 29.2. The molecule has 1 spiro atoms. The van der Waals surface area contributed by atoms with Crippen LogP contribution in [-0.4, -0.2) is 75.5 Å². The van der Waals surface area contributed by atoms with Crippen LogP contribution in [0.25, 0.3) is 0 Å². The summed E-state index contributed by atoms with van der Waals surface area (Å²) in [6.45, 7) is 2.90. The van der Waals surface area contributed by atoms with E-state index in [1.54, 1.807) is 6.07 Å². The van der Waals surface area contributed by atoms with Crippen LogP contribution in [0, 0.1) is 10.8 Å². The van der Waals surface area contributed by atoms with Crippen LogP contribution in [0.15, 0.2) is 17.4 Å². The fourth-order valence-corrected chi connectivity index (χ4v) is 5.68. The molecule has 1 saturated heterocycles. The van der Waals surface area contributed by atoms with Crippen LogP contribution in [0.1, 0.15) is 70.5 Å².